The number of likely N-dealkylation sites (N-methyl/N-ethyl adjacent to an activating group) is 1. The molecule has 0 aliphatic carbocycles. The van der Waals surface area contributed by atoms with Crippen molar-refractivity contribution >= 4 is 23.4 Å². The van der Waals surface area contributed by atoms with Crippen molar-refractivity contribution in [1.82, 2.24) is 20.0 Å². The number of benzene rings is 2. The van der Waals surface area contributed by atoms with Crippen molar-refractivity contribution in [2.75, 3.05) is 13.1 Å². The van der Waals surface area contributed by atoms with E-state index in [0.717, 1.165) is 11.1 Å². The number of carbonyl (C=O) groups excluding carboxylic acids is 2. The van der Waals surface area contributed by atoms with E-state index in [1.807, 2.05) is 63.2 Å². The number of halogens is 1. The van der Waals surface area contributed by atoms with Gasteiger partial charge in [-0.05, 0) is 38.5 Å². The zero-order chi connectivity index (χ0) is 22.4. The molecular formula is C24H27ClN4O2. The van der Waals surface area contributed by atoms with Crippen LogP contribution >= 0.6 is 11.6 Å². The van der Waals surface area contributed by atoms with E-state index in [-0.39, 0.29) is 24.4 Å². The fraction of sp³-hybridized carbons (Fsp3) is 0.292. The van der Waals surface area contributed by atoms with Gasteiger partial charge in [0.1, 0.15) is 5.69 Å². The number of hydrogen-bond acceptors (Lipinski definition) is 3. The second-order valence-corrected chi connectivity index (χ2v) is 8.06. The third-order valence-corrected chi connectivity index (χ3v) is 5.00. The summed E-state index contributed by atoms with van der Waals surface area (Å²) in [5, 5.41) is 8.14. The number of nitrogens with one attached hydrogen (secondary N) is 1. The molecule has 31 heavy (non-hydrogen) atoms. The van der Waals surface area contributed by atoms with E-state index in [0.29, 0.717) is 29.4 Å². The molecule has 1 heterocycles. The first-order valence-electron chi connectivity index (χ1n) is 10.3. The second kappa shape index (κ2) is 10.3. The molecule has 1 aromatic heterocycles. The summed E-state index contributed by atoms with van der Waals surface area (Å²) >= 11 is 6.04. The summed E-state index contributed by atoms with van der Waals surface area (Å²) in [6.45, 7) is 6.59. The first kappa shape index (κ1) is 22.6. The highest BCUT2D eigenvalue weighted by atomic mass is 35.5. The van der Waals surface area contributed by atoms with Crippen LogP contribution in [-0.4, -0.2) is 45.6 Å². The normalized spacial score (nSPS) is 10.9. The van der Waals surface area contributed by atoms with Gasteiger partial charge in [-0.15, -0.1) is 0 Å². The molecule has 2 aromatic carbocycles. The number of amides is 2. The Bertz CT molecular complexity index is 1030. The summed E-state index contributed by atoms with van der Waals surface area (Å²) in [6.07, 6.45) is 1.75. The van der Waals surface area contributed by atoms with Crippen molar-refractivity contribution in [2.24, 2.45) is 0 Å². The smallest absolute Gasteiger partial charge is 0.258 e. The molecule has 0 bridgehead atoms. The zero-order valence-electron chi connectivity index (χ0n) is 18.0. The van der Waals surface area contributed by atoms with Crippen LogP contribution < -0.4 is 5.32 Å². The summed E-state index contributed by atoms with van der Waals surface area (Å²) < 4.78 is 1.76. The van der Waals surface area contributed by atoms with Gasteiger partial charge in [0.25, 0.3) is 5.91 Å². The van der Waals surface area contributed by atoms with Crippen molar-refractivity contribution in [2.45, 2.75) is 33.4 Å². The molecule has 0 radical (unpaired) electrons. The maximum absolute atomic E-state index is 13.4. The largest absolute Gasteiger partial charge is 0.352 e. The van der Waals surface area contributed by atoms with Crippen LogP contribution in [0.4, 0.5) is 0 Å². The Morgan fingerprint density at radius 1 is 1.10 bits per heavy atom. The van der Waals surface area contributed by atoms with Gasteiger partial charge in [0, 0.05) is 29.4 Å². The molecular weight excluding hydrogens is 412 g/mol. The minimum absolute atomic E-state index is 0.00254. The molecule has 0 aliphatic rings. The predicted molar refractivity (Wildman–Crippen MR) is 123 cm³/mol. The average molecular weight is 439 g/mol. The van der Waals surface area contributed by atoms with Crippen LogP contribution in [0.15, 0.2) is 60.8 Å². The van der Waals surface area contributed by atoms with Gasteiger partial charge >= 0.3 is 0 Å². The number of rotatable bonds is 8. The van der Waals surface area contributed by atoms with E-state index in [2.05, 4.69) is 5.32 Å². The summed E-state index contributed by atoms with van der Waals surface area (Å²) in [6, 6.07) is 17.2. The van der Waals surface area contributed by atoms with Gasteiger partial charge in [-0.2, -0.15) is 5.10 Å². The number of nitrogens with zero attached hydrogens (tertiary/aromatic N) is 3. The summed E-state index contributed by atoms with van der Waals surface area (Å²) in [5.41, 5.74) is 2.90. The standard InChI is InChI=1S/C24H27ClN4O2/c1-4-28(16-22(30)26-17(2)3)24(31)21-15-29(14-18-8-6-5-7-9-18)27-23(21)19-10-12-20(25)13-11-19/h5-13,15,17H,4,14,16H2,1-3H3,(H,26,30). The highest BCUT2D eigenvalue weighted by molar-refractivity contribution is 6.30. The minimum Gasteiger partial charge on any atom is -0.352 e. The topological polar surface area (TPSA) is 67.2 Å². The SMILES string of the molecule is CCN(CC(=O)NC(C)C)C(=O)c1cn(Cc2ccccc2)nc1-c1ccc(Cl)cc1. The highest BCUT2D eigenvalue weighted by Crippen LogP contribution is 2.25. The van der Waals surface area contributed by atoms with Crippen LogP contribution in [0.5, 0.6) is 0 Å². The van der Waals surface area contributed by atoms with E-state index in [1.54, 1.807) is 23.0 Å². The molecule has 7 heteroatoms. The maximum Gasteiger partial charge on any atom is 0.258 e. The third-order valence-electron chi connectivity index (χ3n) is 4.75. The molecule has 1 N–H and O–H groups in total. The molecule has 0 fully saturated rings. The Morgan fingerprint density at radius 3 is 2.39 bits per heavy atom. The van der Waals surface area contributed by atoms with Crippen molar-refractivity contribution in [3.05, 3.63) is 76.9 Å². The molecule has 0 saturated heterocycles. The lowest BCUT2D eigenvalue weighted by Gasteiger charge is -2.21. The van der Waals surface area contributed by atoms with Gasteiger partial charge in [-0.3, -0.25) is 14.3 Å². The van der Waals surface area contributed by atoms with E-state index >= 15 is 0 Å². The lowest BCUT2D eigenvalue weighted by molar-refractivity contribution is -0.122. The van der Waals surface area contributed by atoms with Gasteiger partial charge in [0.05, 0.1) is 18.7 Å². The Labute approximate surface area is 187 Å². The van der Waals surface area contributed by atoms with Crippen LogP contribution in [0, 0.1) is 0 Å². The Kier molecular flexibility index (Phi) is 7.47. The van der Waals surface area contributed by atoms with E-state index < -0.39 is 0 Å². The van der Waals surface area contributed by atoms with E-state index in [9.17, 15) is 9.59 Å². The van der Waals surface area contributed by atoms with Crippen LogP contribution in [0.25, 0.3) is 11.3 Å². The lowest BCUT2D eigenvalue weighted by atomic mass is 10.1. The van der Waals surface area contributed by atoms with Crippen molar-refractivity contribution in [3.63, 3.8) is 0 Å². The fourth-order valence-electron chi connectivity index (χ4n) is 3.29. The average Bonchev–Trinajstić information content (AvgIpc) is 3.16. The summed E-state index contributed by atoms with van der Waals surface area (Å²) in [7, 11) is 0. The number of carbonyl (C=O) groups is 2. The van der Waals surface area contributed by atoms with Gasteiger partial charge < -0.3 is 10.2 Å². The molecule has 0 saturated carbocycles. The minimum atomic E-state index is -0.231. The van der Waals surface area contributed by atoms with Gasteiger partial charge in [-0.1, -0.05) is 54.1 Å². The highest BCUT2D eigenvalue weighted by Gasteiger charge is 2.24. The molecule has 0 aliphatic heterocycles. The van der Waals surface area contributed by atoms with Crippen LogP contribution in [0.2, 0.25) is 5.02 Å². The quantitative estimate of drug-likeness (QED) is 0.572. The Morgan fingerprint density at radius 2 is 1.77 bits per heavy atom. The van der Waals surface area contributed by atoms with Crippen LogP contribution in [0.3, 0.4) is 0 Å². The molecule has 3 rings (SSSR count). The monoisotopic (exact) mass is 438 g/mol. The molecule has 0 unspecified atom stereocenters. The first-order valence-corrected chi connectivity index (χ1v) is 10.7. The van der Waals surface area contributed by atoms with E-state index in [4.69, 9.17) is 16.7 Å². The molecule has 0 atom stereocenters. The van der Waals surface area contributed by atoms with Crippen molar-refractivity contribution in [3.8, 4) is 11.3 Å². The van der Waals surface area contributed by atoms with Crippen molar-refractivity contribution in [1.29, 1.82) is 0 Å². The summed E-state index contributed by atoms with van der Waals surface area (Å²) in [4.78, 5) is 27.2. The fourth-order valence-corrected chi connectivity index (χ4v) is 3.41. The lowest BCUT2D eigenvalue weighted by Crippen LogP contribution is -2.42. The van der Waals surface area contributed by atoms with Crippen LogP contribution in [-0.2, 0) is 11.3 Å². The summed E-state index contributed by atoms with van der Waals surface area (Å²) in [5.74, 6) is -0.416. The molecule has 2 amide bonds. The first-order chi connectivity index (χ1) is 14.9. The maximum atomic E-state index is 13.4. The zero-order valence-corrected chi connectivity index (χ0v) is 18.8. The predicted octanol–water partition coefficient (Wildman–Crippen LogP) is 4.24. The Balaban J connectivity index is 1.94. The van der Waals surface area contributed by atoms with E-state index in [1.165, 1.54) is 4.90 Å². The Hall–Kier alpha value is -3.12. The number of hydrogen-bond donors (Lipinski definition) is 1. The molecule has 162 valence electrons. The number of aromatic nitrogens is 2. The van der Waals surface area contributed by atoms with Gasteiger partial charge in [-0.25, -0.2) is 0 Å². The molecule has 0 spiro atoms. The van der Waals surface area contributed by atoms with Crippen LogP contribution in [0.1, 0.15) is 36.7 Å². The second-order valence-electron chi connectivity index (χ2n) is 7.62. The van der Waals surface area contributed by atoms with Gasteiger partial charge in [0.15, 0.2) is 0 Å². The van der Waals surface area contributed by atoms with Gasteiger partial charge in [0.2, 0.25) is 5.91 Å². The molecule has 6 nitrogen and oxygen atoms in total. The molecule has 3 aromatic rings. The van der Waals surface area contributed by atoms with Crippen molar-refractivity contribution < 1.29 is 9.59 Å². The third kappa shape index (κ3) is 5.95.